The highest BCUT2D eigenvalue weighted by molar-refractivity contribution is 5.62. The third-order valence-electron chi connectivity index (χ3n) is 3.67. The monoisotopic (exact) mass is 294 g/mol. The normalized spacial score (nSPS) is 16.5. The number of nitrogens with two attached hydrogens (primary N) is 2. The van der Waals surface area contributed by atoms with Gasteiger partial charge in [0.25, 0.3) is 0 Å². The molecule has 0 aromatic carbocycles. The van der Waals surface area contributed by atoms with Crippen molar-refractivity contribution in [2.45, 2.75) is 60.2 Å². The minimum Gasteiger partial charge on any atom is -0.395 e. The van der Waals surface area contributed by atoms with E-state index in [1.165, 1.54) is 5.69 Å². The summed E-state index contributed by atoms with van der Waals surface area (Å²) in [5, 5.41) is 4.59. The predicted octanol–water partition coefficient (Wildman–Crippen LogP) is 1.63. The highest BCUT2D eigenvalue weighted by atomic mass is 15.3. The lowest BCUT2D eigenvalue weighted by Gasteiger charge is -2.23. The van der Waals surface area contributed by atoms with Gasteiger partial charge in [-0.1, -0.05) is 13.8 Å². The molecule has 1 aliphatic heterocycles. The van der Waals surface area contributed by atoms with Gasteiger partial charge in [0.05, 0.1) is 11.4 Å². The Hall–Kier alpha value is -1.53. The summed E-state index contributed by atoms with van der Waals surface area (Å²) < 4.78 is 2.06. The van der Waals surface area contributed by atoms with E-state index in [0.29, 0.717) is 11.7 Å². The number of hydrogen-bond donors (Lipinski definition) is 3. The summed E-state index contributed by atoms with van der Waals surface area (Å²) in [7, 11) is 0. The zero-order chi connectivity index (χ0) is 16.0. The van der Waals surface area contributed by atoms with E-state index < -0.39 is 0 Å². The molecule has 5 N–H and O–H groups in total. The summed E-state index contributed by atoms with van der Waals surface area (Å²) in [5.74, 6) is 5.39. The maximum absolute atomic E-state index is 6.04. The highest BCUT2D eigenvalue weighted by Crippen LogP contribution is 2.18. The summed E-state index contributed by atoms with van der Waals surface area (Å²) in [4.78, 5) is 2.46. The molecule has 0 aliphatic carbocycles. The molecule has 0 bridgehead atoms. The van der Waals surface area contributed by atoms with Gasteiger partial charge in [0, 0.05) is 31.4 Å². The second kappa shape index (κ2) is 8.05. The number of fused-ring (bicyclic) bond motifs is 1. The van der Waals surface area contributed by atoms with E-state index >= 15 is 0 Å². The molecule has 2 heterocycles. The van der Waals surface area contributed by atoms with E-state index in [9.17, 15) is 0 Å². The Morgan fingerprint density at radius 2 is 2.00 bits per heavy atom. The summed E-state index contributed by atoms with van der Waals surface area (Å²) in [6.07, 6.45) is 1.12. The number of hydrazine groups is 1. The van der Waals surface area contributed by atoms with Crippen LogP contribution in [0.2, 0.25) is 0 Å². The topological polar surface area (TPSA) is 85.1 Å². The third-order valence-corrected chi connectivity index (χ3v) is 3.67. The van der Waals surface area contributed by atoms with Crippen molar-refractivity contribution < 1.29 is 0 Å². The molecule has 0 atom stereocenters. The van der Waals surface area contributed by atoms with E-state index in [-0.39, 0.29) is 0 Å². The molecular weight excluding hydrogens is 264 g/mol. The fraction of sp³-hybridized carbons (Fsp3) is 0.667. The van der Waals surface area contributed by atoms with Crippen molar-refractivity contribution in [1.29, 1.82) is 0 Å². The number of nitrogens with one attached hydrogen (secondary N) is 1. The van der Waals surface area contributed by atoms with Crippen molar-refractivity contribution in [3.63, 3.8) is 0 Å². The van der Waals surface area contributed by atoms with Gasteiger partial charge in [-0.05, 0) is 33.3 Å². The SMILES string of the molecule is C/C(NN)=C(/N)c1cc2n(n1)CCCN(C(C)C)C2.CC. The Bertz CT molecular complexity index is 475. The number of aromatic nitrogens is 2. The van der Waals surface area contributed by atoms with Crippen LogP contribution in [0, 0.1) is 0 Å². The fourth-order valence-electron chi connectivity index (χ4n) is 2.33. The van der Waals surface area contributed by atoms with Crippen molar-refractivity contribution in [1.82, 2.24) is 20.1 Å². The molecule has 0 saturated carbocycles. The minimum atomic E-state index is 0.547. The lowest BCUT2D eigenvalue weighted by atomic mass is 10.2. The largest absolute Gasteiger partial charge is 0.395 e. The van der Waals surface area contributed by atoms with Crippen LogP contribution in [-0.4, -0.2) is 27.3 Å². The van der Waals surface area contributed by atoms with Crippen molar-refractivity contribution in [2.75, 3.05) is 6.54 Å². The predicted molar refractivity (Wildman–Crippen MR) is 87.8 cm³/mol. The molecule has 21 heavy (non-hydrogen) atoms. The van der Waals surface area contributed by atoms with Gasteiger partial charge in [-0.3, -0.25) is 15.4 Å². The van der Waals surface area contributed by atoms with Crippen molar-refractivity contribution in [3.8, 4) is 0 Å². The van der Waals surface area contributed by atoms with Crippen LogP contribution in [0.3, 0.4) is 0 Å². The number of allylic oxidation sites excluding steroid dienone is 1. The molecular formula is C15H30N6. The second-order valence-electron chi connectivity index (χ2n) is 5.34. The number of rotatable bonds is 3. The molecule has 0 radical (unpaired) electrons. The molecule has 2 rings (SSSR count). The minimum absolute atomic E-state index is 0.547. The first-order chi connectivity index (χ1) is 10.0. The first-order valence-corrected chi connectivity index (χ1v) is 7.77. The molecule has 1 aromatic rings. The van der Waals surface area contributed by atoms with Gasteiger partial charge in [0.1, 0.15) is 5.69 Å². The molecule has 1 aromatic heterocycles. The smallest absolute Gasteiger partial charge is 0.110 e. The molecule has 0 fully saturated rings. The molecule has 0 spiro atoms. The summed E-state index contributed by atoms with van der Waals surface area (Å²) in [6.45, 7) is 13.3. The van der Waals surface area contributed by atoms with Gasteiger partial charge in [0.15, 0.2) is 0 Å². The molecule has 120 valence electrons. The average Bonchev–Trinajstić information content (AvgIpc) is 2.79. The van der Waals surface area contributed by atoms with Gasteiger partial charge in [-0.15, -0.1) is 0 Å². The summed E-state index contributed by atoms with van der Waals surface area (Å²) in [6, 6.07) is 2.61. The standard InChI is InChI=1S/C13H24N6.C2H6/c1-9(2)18-5-4-6-19-11(8-18)7-12(17-19)13(14)10(3)16-15;1-2/h7,9,16H,4-6,8,14-15H2,1-3H3;1-2H3/b13-10-;. The molecule has 6 nitrogen and oxygen atoms in total. The number of hydrogen-bond acceptors (Lipinski definition) is 5. The van der Waals surface area contributed by atoms with Crippen LogP contribution >= 0.6 is 0 Å². The van der Waals surface area contributed by atoms with Crippen molar-refractivity contribution in [3.05, 3.63) is 23.2 Å². The average molecular weight is 294 g/mol. The quantitative estimate of drug-likeness (QED) is 0.583. The molecule has 1 aliphatic rings. The van der Waals surface area contributed by atoms with Crippen LogP contribution in [-0.2, 0) is 13.1 Å². The lowest BCUT2D eigenvalue weighted by Crippen LogP contribution is -2.30. The number of aryl methyl sites for hydroxylation is 1. The van der Waals surface area contributed by atoms with Crippen LogP contribution in [0.25, 0.3) is 5.70 Å². The van der Waals surface area contributed by atoms with Crippen LogP contribution < -0.4 is 17.0 Å². The van der Waals surface area contributed by atoms with E-state index in [2.05, 4.69) is 40.0 Å². The Kier molecular flexibility index (Phi) is 6.71. The first-order valence-electron chi connectivity index (χ1n) is 7.77. The van der Waals surface area contributed by atoms with E-state index in [0.717, 1.165) is 37.4 Å². The van der Waals surface area contributed by atoms with Crippen molar-refractivity contribution >= 4 is 5.70 Å². The first kappa shape index (κ1) is 17.5. The van der Waals surface area contributed by atoms with Crippen LogP contribution in [0.5, 0.6) is 0 Å². The van der Waals surface area contributed by atoms with Gasteiger partial charge in [0.2, 0.25) is 0 Å². The second-order valence-corrected chi connectivity index (χ2v) is 5.34. The molecule has 0 amide bonds. The Labute approximate surface area is 128 Å². The summed E-state index contributed by atoms with van der Waals surface area (Å²) in [5.41, 5.74) is 12.0. The van der Waals surface area contributed by atoms with E-state index in [1.54, 1.807) is 0 Å². The summed E-state index contributed by atoms with van der Waals surface area (Å²) >= 11 is 0. The number of nitrogens with zero attached hydrogens (tertiary/aromatic N) is 3. The van der Waals surface area contributed by atoms with Crippen LogP contribution in [0.4, 0.5) is 0 Å². The van der Waals surface area contributed by atoms with Gasteiger partial charge in [-0.25, -0.2) is 0 Å². The van der Waals surface area contributed by atoms with Crippen LogP contribution in [0.1, 0.15) is 52.4 Å². The Morgan fingerprint density at radius 3 is 2.57 bits per heavy atom. The Morgan fingerprint density at radius 1 is 1.33 bits per heavy atom. The molecule has 6 heteroatoms. The lowest BCUT2D eigenvalue weighted by molar-refractivity contribution is 0.216. The molecule has 0 unspecified atom stereocenters. The van der Waals surface area contributed by atoms with Crippen molar-refractivity contribution in [2.24, 2.45) is 11.6 Å². The van der Waals surface area contributed by atoms with E-state index in [4.69, 9.17) is 11.6 Å². The maximum Gasteiger partial charge on any atom is 0.110 e. The van der Waals surface area contributed by atoms with Gasteiger partial charge in [-0.2, -0.15) is 5.10 Å². The van der Waals surface area contributed by atoms with E-state index in [1.807, 2.05) is 20.8 Å². The van der Waals surface area contributed by atoms with Gasteiger partial charge >= 0.3 is 0 Å². The molecule has 0 saturated heterocycles. The fourth-order valence-corrected chi connectivity index (χ4v) is 2.33. The van der Waals surface area contributed by atoms with Gasteiger partial charge < -0.3 is 11.2 Å². The zero-order valence-electron chi connectivity index (χ0n) is 14.0. The zero-order valence-corrected chi connectivity index (χ0v) is 14.0. The highest BCUT2D eigenvalue weighted by Gasteiger charge is 2.19. The van der Waals surface area contributed by atoms with Crippen LogP contribution in [0.15, 0.2) is 11.8 Å². The Balaban J connectivity index is 0.00000106. The third kappa shape index (κ3) is 4.22. The maximum atomic E-state index is 6.04.